The minimum absolute atomic E-state index is 0.0942. The molecule has 0 fully saturated rings. The molecule has 29 heavy (non-hydrogen) atoms. The van der Waals surface area contributed by atoms with Crippen LogP contribution in [0.3, 0.4) is 0 Å². The maximum absolute atomic E-state index is 12.5. The van der Waals surface area contributed by atoms with Crippen molar-refractivity contribution in [3.63, 3.8) is 0 Å². The first-order valence-electron chi connectivity index (χ1n) is 8.53. The summed E-state index contributed by atoms with van der Waals surface area (Å²) in [5.41, 5.74) is 2.74. The number of nitro groups is 1. The zero-order valence-electron chi connectivity index (χ0n) is 14.8. The molecule has 0 amide bonds. The molecule has 0 unspecified atom stereocenters. The van der Waals surface area contributed by atoms with Crippen LogP contribution in [-0.2, 0) is 6.42 Å². The highest BCUT2D eigenvalue weighted by molar-refractivity contribution is 9.10. The fourth-order valence-electron chi connectivity index (χ4n) is 2.94. The lowest BCUT2D eigenvalue weighted by molar-refractivity contribution is -0.384. The number of carbonyl (C=O) groups is 1. The van der Waals surface area contributed by atoms with E-state index in [1.165, 1.54) is 18.2 Å². The summed E-state index contributed by atoms with van der Waals surface area (Å²) < 4.78 is 6.65. The Kier molecular flexibility index (Phi) is 5.17. The quantitative estimate of drug-likeness (QED) is 0.195. The highest BCUT2D eigenvalue weighted by Crippen LogP contribution is 2.32. The van der Waals surface area contributed by atoms with Gasteiger partial charge >= 0.3 is 0 Å². The molecule has 0 N–H and O–H groups in total. The number of nitrogens with zero attached hydrogens (tertiary/aromatic N) is 2. The molecule has 6 nitrogen and oxygen atoms in total. The summed E-state index contributed by atoms with van der Waals surface area (Å²) in [7, 11) is 0. The number of benzene rings is 3. The first kappa shape index (κ1) is 19.3. The minimum Gasteiger partial charge on any atom is -0.436 e. The molecule has 0 saturated heterocycles. The molecule has 0 aliphatic carbocycles. The summed E-state index contributed by atoms with van der Waals surface area (Å²) >= 11 is 9.65. The smallest absolute Gasteiger partial charge is 0.270 e. The number of hydrogen-bond donors (Lipinski definition) is 0. The second-order valence-electron chi connectivity index (χ2n) is 6.35. The van der Waals surface area contributed by atoms with Crippen LogP contribution in [0.1, 0.15) is 15.9 Å². The van der Waals surface area contributed by atoms with Crippen LogP contribution in [0.2, 0.25) is 5.02 Å². The first-order chi connectivity index (χ1) is 13.9. The third-order valence-corrected chi connectivity index (χ3v) is 5.18. The lowest BCUT2D eigenvalue weighted by atomic mass is 10.0. The summed E-state index contributed by atoms with van der Waals surface area (Å²) in [6.45, 7) is 0. The molecule has 4 rings (SSSR count). The molecule has 0 radical (unpaired) electrons. The SMILES string of the molecule is O=C(Cc1ccc2oc(-c3cc(Br)ccc3Cl)nc2c1)c1cccc([N+](=O)[O-])c1. The molecular weight excluding hydrogens is 460 g/mol. The molecule has 8 heteroatoms. The van der Waals surface area contributed by atoms with Crippen LogP contribution in [0.4, 0.5) is 5.69 Å². The summed E-state index contributed by atoms with van der Waals surface area (Å²) in [5.74, 6) is 0.167. The predicted octanol–water partition coefficient (Wildman–Crippen LogP) is 6.24. The Hall–Kier alpha value is -3.03. The van der Waals surface area contributed by atoms with Crippen LogP contribution >= 0.6 is 27.5 Å². The van der Waals surface area contributed by atoms with E-state index in [1.54, 1.807) is 30.3 Å². The van der Waals surface area contributed by atoms with Crippen molar-refractivity contribution in [2.45, 2.75) is 6.42 Å². The zero-order valence-corrected chi connectivity index (χ0v) is 17.1. The fourth-order valence-corrected chi connectivity index (χ4v) is 3.50. The fraction of sp³-hybridized carbons (Fsp3) is 0.0476. The largest absolute Gasteiger partial charge is 0.436 e. The number of halogens is 2. The lowest BCUT2D eigenvalue weighted by Gasteiger charge is -2.01. The Morgan fingerprint density at radius 3 is 2.76 bits per heavy atom. The molecule has 0 atom stereocenters. The third kappa shape index (κ3) is 4.06. The Morgan fingerprint density at radius 2 is 1.97 bits per heavy atom. The van der Waals surface area contributed by atoms with Crippen molar-refractivity contribution in [2.75, 3.05) is 0 Å². The van der Waals surface area contributed by atoms with Gasteiger partial charge in [-0.2, -0.15) is 0 Å². The van der Waals surface area contributed by atoms with E-state index < -0.39 is 4.92 Å². The standard InChI is InChI=1S/C21H12BrClN2O4/c22-14-5-6-17(23)16(11-14)21-24-18-8-12(4-7-20(18)29-21)9-19(26)13-2-1-3-15(10-13)25(27)28/h1-8,10-11H,9H2. The number of Topliss-reactive ketones (excluding diaryl/α,β-unsaturated/α-hetero) is 1. The van der Waals surface area contributed by atoms with Crippen LogP contribution in [0, 0.1) is 10.1 Å². The second kappa shape index (κ2) is 7.77. The third-order valence-electron chi connectivity index (χ3n) is 4.35. The number of rotatable bonds is 5. The molecule has 0 spiro atoms. The van der Waals surface area contributed by atoms with E-state index in [0.29, 0.717) is 33.1 Å². The van der Waals surface area contributed by atoms with E-state index in [9.17, 15) is 14.9 Å². The van der Waals surface area contributed by atoms with Crippen LogP contribution in [0.5, 0.6) is 0 Å². The number of ketones is 1. The van der Waals surface area contributed by atoms with E-state index in [2.05, 4.69) is 20.9 Å². The Morgan fingerprint density at radius 1 is 1.14 bits per heavy atom. The molecule has 4 aromatic rings. The van der Waals surface area contributed by atoms with Gasteiger partial charge in [0.05, 0.1) is 15.5 Å². The minimum atomic E-state index is -0.521. The lowest BCUT2D eigenvalue weighted by Crippen LogP contribution is -2.04. The van der Waals surface area contributed by atoms with Crippen molar-refractivity contribution in [3.8, 4) is 11.5 Å². The molecule has 0 saturated carbocycles. The van der Waals surface area contributed by atoms with Crippen molar-refractivity contribution in [1.29, 1.82) is 0 Å². The van der Waals surface area contributed by atoms with Gasteiger partial charge in [-0.25, -0.2) is 4.98 Å². The van der Waals surface area contributed by atoms with Gasteiger partial charge in [0.15, 0.2) is 11.4 Å². The van der Waals surface area contributed by atoms with Crippen molar-refractivity contribution in [3.05, 3.63) is 91.4 Å². The van der Waals surface area contributed by atoms with Gasteiger partial charge in [-0.1, -0.05) is 45.7 Å². The van der Waals surface area contributed by atoms with Crippen molar-refractivity contribution < 1.29 is 14.1 Å². The van der Waals surface area contributed by atoms with Gasteiger partial charge in [0.2, 0.25) is 5.89 Å². The summed E-state index contributed by atoms with van der Waals surface area (Å²) in [6, 6.07) is 16.4. The number of non-ortho nitro benzene ring substituents is 1. The van der Waals surface area contributed by atoms with Gasteiger partial charge in [0, 0.05) is 28.6 Å². The second-order valence-corrected chi connectivity index (χ2v) is 7.68. The van der Waals surface area contributed by atoms with Gasteiger partial charge in [-0.15, -0.1) is 0 Å². The van der Waals surface area contributed by atoms with Crippen LogP contribution < -0.4 is 0 Å². The first-order valence-corrected chi connectivity index (χ1v) is 9.70. The average Bonchev–Trinajstić information content (AvgIpc) is 3.13. The van der Waals surface area contributed by atoms with Crippen molar-refractivity contribution >= 4 is 50.1 Å². The van der Waals surface area contributed by atoms with Gasteiger partial charge in [-0.3, -0.25) is 14.9 Å². The Bertz CT molecular complexity index is 1270. The van der Waals surface area contributed by atoms with Crippen molar-refractivity contribution in [2.24, 2.45) is 0 Å². The van der Waals surface area contributed by atoms with Gasteiger partial charge in [-0.05, 0) is 35.9 Å². The summed E-state index contributed by atoms with van der Waals surface area (Å²) in [4.78, 5) is 27.4. The molecule has 3 aromatic carbocycles. The van der Waals surface area contributed by atoms with Crippen LogP contribution in [0.15, 0.2) is 69.6 Å². The van der Waals surface area contributed by atoms with Gasteiger partial charge < -0.3 is 4.42 Å². The molecule has 1 heterocycles. The number of hydrogen-bond acceptors (Lipinski definition) is 5. The molecular formula is C21H12BrClN2O4. The van der Waals surface area contributed by atoms with Gasteiger partial charge in [0.25, 0.3) is 5.69 Å². The number of fused-ring (bicyclic) bond motifs is 1. The van der Waals surface area contributed by atoms with E-state index in [0.717, 1.165) is 10.0 Å². The highest BCUT2D eigenvalue weighted by atomic mass is 79.9. The number of aromatic nitrogens is 1. The monoisotopic (exact) mass is 470 g/mol. The Labute approximate surface area is 178 Å². The van der Waals surface area contributed by atoms with E-state index in [1.807, 2.05) is 12.1 Å². The summed E-state index contributed by atoms with van der Waals surface area (Å²) in [6.07, 6.45) is 0.0942. The summed E-state index contributed by atoms with van der Waals surface area (Å²) in [5, 5.41) is 11.4. The zero-order chi connectivity index (χ0) is 20.5. The van der Waals surface area contributed by atoms with Crippen LogP contribution in [-0.4, -0.2) is 15.7 Å². The normalized spacial score (nSPS) is 11.0. The molecule has 0 aliphatic heterocycles. The molecule has 0 aliphatic rings. The average molecular weight is 472 g/mol. The van der Waals surface area contributed by atoms with E-state index >= 15 is 0 Å². The van der Waals surface area contributed by atoms with E-state index in [-0.39, 0.29) is 17.9 Å². The van der Waals surface area contributed by atoms with E-state index in [4.69, 9.17) is 16.0 Å². The van der Waals surface area contributed by atoms with Gasteiger partial charge in [0.1, 0.15) is 5.52 Å². The maximum atomic E-state index is 12.5. The van der Waals surface area contributed by atoms with Crippen LogP contribution in [0.25, 0.3) is 22.6 Å². The topological polar surface area (TPSA) is 86.2 Å². The number of carbonyl (C=O) groups excluding carboxylic acids is 1. The maximum Gasteiger partial charge on any atom is 0.270 e. The molecule has 0 bridgehead atoms. The Balaban J connectivity index is 1.62. The molecule has 144 valence electrons. The number of oxazole rings is 1. The highest BCUT2D eigenvalue weighted by Gasteiger charge is 2.15. The van der Waals surface area contributed by atoms with Crippen molar-refractivity contribution in [1.82, 2.24) is 4.98 Å². The molecule has 1 aromatic heterocycles. The number of nitro benzene ring substituents is 1. The predicted molar refractivity (Wildman–Crippen MR) is 113 cm³/mol.